The molecule has 2 aromatic heterocycles. The summed E-state index contributed by atoms with van der Waals surface area (Å²) >= 11 is 0. The van der Waals surface area contributed by atoms with Crippen LogP contribution in [-0.4, -0.2) is 15.1 Å². The van der Waals surface area contributed by atoms with Crippen molar-refractivity contribution in [3.63, 3.8) is 0 Å². The molecule has 0 fully saturated rings. The van der Waals surface area contributed by atoms with Crippen LogP contribution in [-0.2, 0) is 13.1 Å². The lowest BCUT2D eigenvalue weighted by Gasteiger charge is -2.10. The fourth-order valence-electron chi connectivity index (χ4n) is 3.74. The van der Waals surface area contributed by atoms with Crippen molar-refractivity contribution >= 4 is 17.2 Å². The number of hydrogen-bond donors (Lipinski definition) is 1. The highest BCUT2D eigenvalue weighted by atomic mass is 16.4. The maximum Gasteiger partial charge on any atom is 0.300 e. The number of phenolic OH excluding ortho intramolecular Hbond substituents is 1. The average molecular weight is 367 g/mol. The van der Waals surface area contributed by atoms with Gasteiger partial charge in [-0.2, -0.15) is 4.98 Å². The van der Waals surface area contributed by atoms with Crippen molar-refractivity contribution in [2.24, 2.45) is 0 Å². The summed E-state index contributed by atoms with van der Waals surface area (Å²) in [6.07, 6.45) is 5.44. The molecule has 0 unspecified atom stereocenters. The van der Waals surface area contributed by atoms with Gasteiger partial charge in [-0.15, -0.1) is 6.42 Å². The van der Waals surface area contributed by atoms with Crippen molar-refractivity contribution in [2.45, 2.75) is 20.0 Å². The molecule has 0 bridgehead atoms. The number of nitrogens with zero attached hydrogens (tertiary/aromatic N) is 3. The number of aromatic nitrogens is 2. The second-order valence-electron chi connectivity index (χ2n) is 6.97. The van der Waals surface area contributed by atoms with E-state index in [9.17, 15) is 5.11 Å². The number of benzene rings is 2. The zero-order valence-electron chi connectivity index (χ0n) is 15.3. The monoisotopic (exact) mass is 367 g/mol. The Hall–Kier alpha value is -3.78. The summed E-state index contributed by atoms with van der Waals surface area (Å²) in [5.41, 5.74) is 6.49. The Balaban J connectivity index is 1.53. The number of fused-ring (bicyclic) bond motifs is 2. The highest BCUT2D eigenvalue weighted by Gasteiger charge is 2.23. The Morgan fingerprint density at radius 3 is 2.50 bits per heavy atom. The van der Waals surface area contributed by atoms with Crippen LogP contribution in [0.25, 0.3) is 22.5 Å². The molecule has 28 heavy (non-hydrogen) atoms. The van der Waals surface area contributed by atoms with Gasteiger partial charge in [0.15, 0.2) is 5.58 Å². The molecule has 0 aliphatic carbocycles. The van der Waals surface area contributed by atoms with E-state index < -0.39 is 0 Å². The molecule has 0 atom stereocenters. The Bertz CT molecular complexity index is 1220. The van der Waals surface area contributed by atoms with Gasteiger partial charge in [-0.05, 0) is 47.9 Å². The molecule has 5 heteroatoms. The van der Waals surface area contributed by atoms with Crippen LogP contribution >= 0.6 is 0 Å². The number of terminal acetylenes is 1. The third-order valence-electron chi connectivity index (χ3n) is 5.09. The van der Waals surface area contributed by atoms with Gasteiger partial charge in [0.2, 0.25) is 5.65 Å². The fraction of sp³-hybridized carbons (Fsp3) is 0.130. The first-order chi connectivity index (χ1) is 13.6. The van der Waals surface area contributed by atoms with E-state index in [1.807, 2.05) is 37.3 Å². The smallest absolute Gasteiger partial charge is 0.300 e. The summed E-state index contributed by atoms with van der Waals surface area (Å²) in [5, 5.41) is 10.4. The fourth-order valence-corrected chi connectivity index (χ4v) is 3.74. The molecular formula is C23H17N3O2. The highest BCUT2D eigenvalue weighted by molar-refractivity contribution is 5.79. The Labute approximate surface area is 162 Å². The van der Waals surface area contributed by atoms with Crippen molar-refractivity contribution in [2.75, 3.05) is 4.90 Å². The minimum atomic E-state index is 0.110. The molecule has 0 saturated carbocycles. The molecule has 0 amide bonds. The number of phenols is 1. The van der Waals surface area contributed by atoms with Gasteiger partial charge in [-0.1, -0.05) is 30.2 Å². The van der Waals surface area contributed by atoms with Gasteiger partial charge >= 0.3 is 6.01 Å². The summed E-state index contributed by atoms with van der Waals surface area (Å²) in [7, 11) is 0. The number of pyridine rings is 1. The van der Waals surface area contributed by atoms with Gasteiger partial charge in [-0.3, -0.25) is 0 Å². The minimum absolute atomic E-state index is 0.110. The van der Waals surface area contributed by atoms with Crippen LogP contribution in [0.15, 0.2) is 52.9 Å². The molecule has 1 aliphatic rings. The topological polar surface area (TPSA) is 62.4 Å². The Morgan fingerprint density at radius 2 is 1.82 bits per heavy atom. The number of aryl methyl sites for hydroxylation is 1. The second kappa shape index (κ2) is 6.14. The molecule has 3 heterocycles. The van der Waals surface area contributed by atoms with E-state index >= 15 is 0 Å². The Morgan fingerprint density at radius 1 is 1.07 bits per heavy atom. The lowest BCUT2D eigenvalue weighted by molar-refractivity contribution is 0.476. The van der Waals surface area contributed by atoms with Crippen LogP contribution in [0.2, 0.25) is 0 Å². The summed E-state index contributed by atoms with van der Waals surface area (Å²) in [5.74, 6) is 2.66. The summed E-state index contributed by atoms with van der Waals surface area (Å²) < 4.78 is 5.93. The van der Waals surface area contributed by atoms with Crippen LogP contribution in [0, 0.1) is 19.3 Å². The van der Waals surface area contributed by atoms with E-state index in [2.05, 4.69) is 32.9 Å². The quantitative estimate of drug-likeness (QED) is 0.532. The lowest BCUT2D eigenvalue weighted by Crippen LogP contribution is -2.14. The molecule has 5 rings (SSSR count). The third-order valence-corrected chi connectivity index (χ3v) is 5.09. The van der Waals surface area contributed by atoms with Crippen molar-refractivity contribution in [3.8, 4) is 29.4 Å². The van der Waals surface area contributed by atoms with Crippen molar-refractivity contribution in [1.29, 1.82) is 0 Å². The van der Waals surface area contributed by atoms with Gasteiger partial charge in [-0.25, -0.2) is 4.98 Å². The molecule has 0 spiro atoms. The van der Waals surface area contributed by atoms with Crippen molar-refractivity contribution in [3.05, 3.63) is 70.8 Å². The molecule has 2 aromatic carbocycles. The Kier molecular flexibility index (Phi) is 3.59. The van der Waals surface area contributed by atoms with E-state index in [1.165, 1.54) is 11.1 Å². The predicted octanol–water partition coefficient (Wildman–Crippen LogP) is 4.41. The normalized spacial score (nSPS) is 12.9. The molecule has 0 radical (unpaired) electrons. The molecule has 5 nitrogen and oxygen atoms in total. The van der Waals surface area contributed by atoms with Crippen LogP contribution in [0.3, 0.4) is 0 Å². The summed E-state index contributed by atoms with van der Waals surface area (Å²) in [6, 6.07) is 16.0. The molecule has 1 aliphatic heterocycles. The summed E-state index contributed by atoms with van der Waals surface area (Å²) in [4.78, 5) is 11.3. The van der Waals surface area contributed by atoms with Gasteiger partial charge in [0, 0.05) is 24.2 Å². The number of rotatable bonds is 2. The standard InChI is InChI=1S/C23H17N3O2/c1-3-15-10-14(2)21(19(27)11-15)18-8-9-20-22(24-18)25-23(28-20)26-12-16-6-4-5-7-17(16)13-26/h1,4-11,27H,12-13H2,2H3. The molecule has 136 valence electrons. The van der Waals surface area contributed by atoms with Gasteiger partial charge < -0.3 is 14.4 Å². The molecule has 1 N–H and O–H groups in total. The van der Waals surface area contributed by atoms with Crippen LogP contribution < -0.4 is 4.90 Å². The van der Waals surface area contributed by atoms with Crippen LogP contribution in [0.5, 0.6) is 5.75 Å². The number of aromatic hydroxyl groups is 1. The van der Waals surface area contributed by atoms with E-state index in [4.69, 9.17) is 10.8 Å². The molecule has 0 saturated heterocycles. The third kappa shape index (κ3) is 2.58. The number of hydrogen-bond acceptors (Lipinski definition) is 5. The maximum absolute atomic E-state index is 10.4. The largest absolute Gasteiger partial charge is 0.507 e. The van der Waals surface area contributed by atoms with Gasteiger partial charge in [0.1, 0.15) is 5.75 Å². The zero-order chi connectivity index (χ0) is 19.3. The first-order valence-corrected chi connectivity index (χ1v) is 9.02. The lowest BCUT2D eigenvalue weighted by atomic mass is 10.0. The van der Waals surface area contributed by atoms with Crippen molar-refractivity contribution < 1.29 is 9.52 Å². The number of anilines is 1. The van der Waals surface area contributed by atoms with Gasteiger partial charge in [0.25, 0.3) is 0 Å². The van der Waals surface area contributed by atoms with Crippen molar-refractivity contribution in [1.82, 2.24) is 9.97 Å². The second-order valence-corrected chi connectivity index (χ2v) is 6.97. The minimum Gasteiger partial charge on any atom is -0.507 e. The van der Waals surface area contributed by atoms with E-state index in [-0.39, 0.29) is 5.75 Å². The molecular weight excluding hydrogens is 350 g/mol. The molecule has 4 aromatic rings. The SMILES string of the molecule is C#Cc1cc(C)c(-c2ccc3oc(N4Cc5ccccc5C4)nc3n2)c(O)c1. The predicted molar refractivity (Wildman–Crippen MR) is 108 cm³/mol. The van der Waals surface area contributed by atoms with Crippen LogP contribution in [0.1, 0.15) is 22.3 Å². The summed E-state index contributed by atoms with van der Waals surface area (Å²) in [6.45, 7) is 3.43. The average Bonchev–Trinajstić information content (AvgIpc) is 3.30. The van der Waals surface area contributed by atoms with E-state index in [0.29, 0.717) is 34.1 Å². The van der Waals surface area contributed by atoms with Crippen LogP contribution in [0.4, 0.5) is 6.01 Å². The highest BCUT2D eigenvalue weighted by Crippen LogP contribution is 2.35. The number of oxazole rings is 1. The maximum atomic E-state index is 10.4. The first-order valence-electron chi connectivity index (χ1n) is 9.02. The first kappa shape index (κ1) is 16.4. The zero-order valence-corrected chi connectivity index (χ0v) is 15.3. The van der Waals surface area contributed by atoms with E-state index in [1.54, 1.807) is 6.07 Å². The van der Waals surface area contributed by atoms with E-state index in [0.717, 1.165) is 18.7 Å². The van der Waals surface area contributed by atoms with Gasteiger partial charge in [0.05, 0.1) is 5.69 Å².